The molecule has 1 aliphatic heterocycles. The second-order valence-electron chi connectivity index (χ2n) is 11.1. The SMILES string of the molecule is COCC(NC(=O)N(C)CC1CN=CS1)C(=O)NC(CCC(Cc1ccccc1)NC(=O)OCc1cncs1)Cc1ccccc1. The van der Waals surface area contributed by atoms with E-state index in [0.717, 1.165) is 16.0 Å². The number of nitrogens with one attached hydrogen (secondary N) is 3. The van der Waals surface area contributed by atoms with Crippen LogP contribution < -0.4 is 16.0 Å². The lowest BCUT2D eigenvalue weighted by molar-refractivity contribution is -0.125. The number of rotatable bonds is 17. The molecule has 0 saturated heterocycles. The molecule has 0 aliphatic carbocycles. The Kier molecular flexibility index (Phi) is 14.3. The molecule has 46 heavy (non-hydrogen) atoms. The average Bonchev–Trinajstić information content (AvgIpc) is 3.78. The first kappa shape index (κ1) is 34.9. The minimum atomic E-state index is -0.884. The van der Waals surface area contributed by atoms with E-state index in [1.165, 1.54) is 18.4 Å². The lowest BCUT2D eigenvalue weighted by Gasteiger charge is -2.27. The van der Waals surface area contributed by atoms with Crippen molar-refractivity contribution in [2.75, 3.05) is 33.9 Å². The number of carbonyl (C=O) groups is 3. The van der Waals surface area contributed by atoms with Crippen LogP contribution in [0.15, 0.2) is 77.4 Å². The maximum atomic E-state index is 13.6. The Labute approximate surface area is 278 Å². The van der Waals surface area contributed by atoms with Crippen LogP contribution in [0.25, 0.3) is 0 Å². The van der Waals surface area contributed by atoms with E-state index in [2.05, 4.69) is 25.9 Å². The highest BCUT2D eigenvalue weighted by Gasteiger charge is 2.27. The first-order valence-corrected chi connectivity index (χ1v) is 17.0. The third-order valence-electron chi connectivity index (χ3n) is 7.42. The number of nitrogens with zero attached hydrogens (tertiary/aromatic N) is 3. The van der Waals surface area contributed by atoms with Crippen LogP contribution in [-0.4, -0.2) is 90.7 Å². The minimum Gasteiger partial charge on any atom is -0.444 e. The molecule has 4 rings (SSSR count). The molecule has 11 nitrogen and oxygen atoms in total. The van der Waals surface area contributed by atoms with Crippen molar-refractivity contribution in [3.63, 3.8) is 0 Å². The molecule has 0 saturated carbocycles. The summed E-state index contributed by atoms with van der Waals surface area (Å²) in [5.74, 6) is -0.334. The van der Waals surface area contributed by atoms with Crippen LogP contribution in [0.2, 0.25) is 0 Å². The normalized spacial score (nSPS) is 15.8. The van der Waals surface area contributed by atoms with Gasteiger partial charge in [-0.3, -0.25) is 14.8 Å². The van der Waals surface area contributed by atoms with Crippen molar-refractivity contribution in [3.8, 4) is 0 Å². The largest absolute Gasteiger partial charge is 0.444 e. The molecule has 0 spiro atoms. The molecule has 3 N–H and O–H groups in total. The van der Waals surface area contributed by atoms with E-state index in [0.29, 0.717) is 38.8 Å². The van der Waals surface area contributed by atoms with Gasteiger partial charge in [0.25, 0.3) is 0 Å². The van der Waals surface area contributed by atoms with Gasteiger partial charge in [-0.05, 0) is 36.8 Å². The van der Waals surface area contributed by atoms with Gasteiger partial charge in [0.05, 0.1) is 29.1 Å². The number of methoxy groups -OCH3 is 1. The van der Waals surface area contributed by atoms with Crippen LogP contribution in [-0.2, 0) is 33.7 Å². The topological polar surface area (TPSA) is 134 Å². The van der Waals surface area contributed by atoms with E-state index >= 15 is 0 Å². The van der Waals surface area contributed by atoms with Gasteiger partial charge in [0, 0.05) is 44.2 Å². The van der Waals surface area contributed by atoms with Crippen LogP contribution in [0.1, 0.15) is 28.8 Å². The highest BCUT2D eigenvalue weighted by molar-refractivity contribution is 8.12. The number of aromatic nitrogens is 1. The van der Waals surface area contributed by atoms with Crippen LogP contribution in [0.4, 0.5) is 9.59 Å². The Balaban J connectivity index is 1.41. The van der Waals surface area contributed by atoms with Gasteiger partial charge < -0.3 is 30.3 Å². The molecule has 4 unspecified atom stereocenters. The number of hydrogen-bond acceptors (Lipinski definition) is 9. The van der Waals surface area contributed by atoms with Gasteiger partial charge in [0.2, 0.25) is 5.91 Å². The van der Waals surface area contributed by atoms with Crippen molar-refractivity contribution in [3.05, 3.63) is 88.4 Å². The summed E-state index contributed by atoms with van der Waals surface area (Å²) < 4.78 is 10.8. The summed E-state index contributed by atoms with van der Waals surface area (Å²) in [5.41, 5.74) is 5.64. The third-order valence-corrected chi connectivity index (χ3v) is 9.13. The van der Waals surface area contributed by atoms with E-state index in [9.17, 15) is 14.4 Å². The quantitative estimate of drug-likeness (QED) is 0.196. The molecule has 2 aromatic carbocycles. The first-order chi connectivity index (χ1) is 22.4. The first-order valence-electron chi connectivity index (χ1n) is 15.2. The van der Waals surface area contributed by atoms with Gasteiger partial charge in [0.1, 0.15) is 12.6 Å². The molecule has 0 radical (unpaired) electrons. The van der Waals surface area contributed by atoms with Crippen molar-refractivity contribution >= 4 is 46.7 Å². The number of carbonyl (C=O) groups excluding carboxylic acids is 3. The van der Waals surface area contributed by atoms with E-state index < -0.39 is 12.1 Å². The molecule has 3 aromatic rings. The van der Waals surface area contributed by atoms with Crippen molar-refractivity contribution in [1.82, 2.24) is 25.8 Å². The number of urea groups is 1. The number of hydrogen-bond donors (Lipinski definition) is 3. The molecule has 2 heterocycles. The van der Waals surface area contributed by atoms with Gasteiger partial charge in [-0.25, -0.2) is 9.59 Å². The maximum Gasteiger partial charge on any atom is 0.407 e. The molecule has 0 fully saturated rings. The fraction of sp³-hybridized carbons (Fsp3) is 0.424. The molecular weight excluding hydrogens is 625 g/mol. The lowest BCUT2D eigenvalue weighted by atomic mass is 9.96. The third kappa shape index (κ3) is 12.1. The van der Waals surface area contributed by atoms with Gasteiger partial charge in [-0.2, -0.15) is 0 Å². The lowest BCUT2D eigenvalue weighted by Crippen LogP contribution is -2.55. The average molecular weight is 667 g/mol. The highest BCUT2D eigenvalue weighted by Crippen LogP contribution is 2.16. The smallest absolute Gasteiger partial charge is 0.407 e. The number of thioether (sulfide) groups is 1. The molecule has 4 atom stereocenters. The Bertz CT molecular complexity index is 1370. The highest BCUT2D eigenvalue weighted by atomic mass is 32.2. The van der Waals surface area contributed by atoms with Gasteiger partial charge >= 0.3 is 12.1 Å². The van der Waals surface area contributed by atoms with Crippen molar-refractivity contribution < 1.29 is 23.9 Å². The fourth-order valence-corrected chi connectivity index (χ4v) is 6.37. The zero-order chi connectivity index (χ0) is 32.6. The van der Waals surface area contributed by atoms with E-state index in [1.807, 2.05) is 60.7 Å². The molecule has 1 aromatic heterocycles. The molecule has 246 valence electrons. The summed E-state index contributed by atoms with van der Waals surface area (Å²) in [6.07, 6.45) is 3.49. The summed E-state index contributed by atoms with van der Waals surface area (Å²) in [6.45, 7) is 1.34. The zero-order valence-electron chi connectivity index (χ0n) is 26.2. The molecule has 4 amide bonds. The number of thiazole rings is 1. The van der Waals surface area contributed by atoms with E-state index in [4.69, 9.17) is 9.47 Å². The van der Waals surface area contributed by atoms with Gasteiger partial charge in [-0.15, -0.1) is 23.1 Å². The van der Waals surface area contributed by atoms with Crippen LogP contribution in [0, 0.1) is 0 Å². The Morgan fingerprint density at radius 3 is 2.17 bits per heavy atom. The van der Waals surface area contributed by atoms with Crippen LogP contribution >= 0.6 is 23.1 Å². The Morgan fingerprint density at radius 2 is 1.61 bits per heavy atom. The van der Waals surface area contributed by atoms with Gasteiger partial charge in [0.15, 0.2) is 0 Å². The second-order valence-corrected chi connectivity index (χ2v) is 13.2. The van der Waals surface area contributed by atoms with Gasteiger partial charge in [-0.1, -0.05) is 60.7 Å². The predicted molar refractivity (Wildman–Crippen MR) is 182 cm³/mol. The summed E-state index contributed by atoms with van der Waals surface area (Å²) in [7, 11) is 3.20. The van der Waals surface area contributed by atoms with E-state index in [1.54, 1.807) is 41.0 Å². The molecular formula is C33H42N6O5S2. The van der Waals surface area contributed by atoms with Crippen LogP contribution in [0.5, 0.6) is 0 Å². The minimum absolute atomic E-state index is 0.0224. The summed E-state index contributed by atoms with van der Waals surface area (Å²) in [4.78, 5) is 50.1. The van der Waals surface area contributed by atoms with Crippen molar-refractivity contribution in [1.29, 1.82) is 0 Å². The molecule has 13 heteroatoms. The number of amides is 4. The Hall–Kier alpha value is -3.94. The monoisotopic (exact) mass is 666 g/mol. The van der Waals surface area contributed by atoms with Crippen molar-refractivity contribution in [2.45, 2.75) is 55.7 Å². The zero-order valence-corrected chi connectivity index (χ0v) is 27.8. The summed E-state index contributed by atoms with van der Waals surface area (Å²) >= 11 is 3.02. The number of aliphatic imine (C=N–C) groups is 1. The van der Waals surface area contributed by atoms with E-state index in [-0.39, 0.29) is 42.5 Å². The molecule has 0 bridgehead atoms. The Morgan fingerprint density at radius 1 is 0.957 bits per heavy atom. The summed E-state index contributed by atoms with van der Waals surface area (Å²) in [5, 5.41) is 9.22. The predicted octanol–water partition coefficient (Wildman–Crippen LogP) is 4.29. The summed E-state index contributed by atoms with van der Waals surface area (Å²) in [6, 6.07) is 18.1. The standard InChI is InChI=1S/C33H42N6O5S2/c1-39(19-28-17-34-22-45-28)32(41)38-30(21-43-2)31(40)36-26(15-24-9-5-3-6-10-24)13-14-27(16-25-11-7-4-8-12-25)37-33(42)44-20-29-18-35-23-46-29/h3-12,18,22-23,26-28,30H,13-17,19-21H2,1-2H3,(H,36,40)(H,37,42)(H,38,41). The van der Waals surface area contributed by atoms with Crippen molar-refractivity contribution in [2.24, 2.45) is 4.99 Å². The van der Waals surface area contributed by atoms with Crippen LogP contribution in [0.3, 0.4) is 0 Å². The number of ether oxygens (including phenoxy) is 2. The maximum absolute atomic E-state index is 13.6. The second kappa shape index (κ2) is 18.9. The number of alkyl carbamates (subject to hydrolysis) is 1. The number of benzene rings is 2. The molecule has 1 aliphatic rings. The fourth-order valence-electron chi connectivity index (χ4n) is 5.04.